The van der Waals surface area contributed by atoms with E-state index in [2.05, 4.69) is 6.92 Å². The molecule has 0 fully saturated rings. The van der Waals surface area contributed by atoms with Crippen LogP contribution in [0.1, 0.15) is 46.9 Å². The number of esters is 1. The third-order valence-electron chi connectivity index (χ3n) is 2.19. The molecular weight excluding hydrogens is 219 g/mol. The molecule has 0 rings (SSSR count). The molecule has 5 heteroatoms. The van der Waals surface area contributed by atoms with Gasteiger partial charge in [-0.1, -0.05) is 39.0 Å². The predicted octanol–water partition coefficient (Wildman–Crippen LogP) is -1.64. The van der Waals surface area contributed by atoms with Crippen LogP contribution in [0.3, 0.4) is 0 Å². The van der Waals surface area contributed by atoms with E-state index < -0.39 is 18.7 Å². The maximum absolute atomic E-state index is 10.9. The summed E-state index contributed by atoms with van der Waals surface area (Å²) in [5.41, 5.74) is 0. The van der Waals surface area contributed by atoms with Crippen molar-refractivity contribution < 1.29 is 50.7 Å². The Labute approximate surface area is 121 Å². The van der Waals surface area contributed by atoms with Gasteiger partial charge in [0.25, 0.3) is 0 Å². The number of unbranched alkanes of at least 4 members (excludes halogenated alkanes) is 5. The van der Waals surface area contributed by atoms with Gasteiger partial charge in [-0.15, -0.1) is 0 Å². The summed E-state index contributed by atoms with van der Waals surface area (Å²) in [5.74, 6) is -0.731. The number of carbonyl (C=O) groups excluding carboxylic acids is 1. The molecule has 0 bridgehead atoms. The fourth-order valence-electron chi connectivity index (χ4n) is 1.23. The summed E-state index contributed by atoms with van der Waals surface area (Å²) in [5, 5.41) is 17.3. The minimum atomic E-state index is -1.38. The molecule has 1 atom stereocenters. The van der Waals surface area contributed by atoms with Crippen LogP contribution >= 0.6 is 0 Å². The number of ether oxygens (including phenoxy) is 1. The summed E-state index contributed by atoms with van der Waals surface area (Å²) < 4.78 is 4.75. The smallest absolute Gasteiger partial charge is 1.00 e. The molecular formula is C11H23NaO4. The number of rotatable bonds is 9. The maximum atomic E-state index is 10.9. The summed E-state index contributed by atoms with van der Waals surface area (Å²) in [4.78, 5) is 10.9. The standard InChI is InChI=1S/C11H22O4.Na.H/c1-2-3-4-5-6-7-8-15-11(14)10(13)9-12;;/h10,12-13H,2-9H2,1H3;;/q;+1;-1. The van der Waals surface area contributed by atoms with Gasteiger partial charge in [-0.05, 0) is 6.42 Å². The minimum Gasteiger partial charge on any atom is -1.00 e. The second-order valence-electron chi connectivity index (χ2n) is 3.63. The van der Waals surface area contributed by atoms with Crippen molar-refractivity contribution in [3.8, 4) is 0 Å². The van der Waals surface area contributed by atoms with E-state index in [-0.39, 0.29) is 31.0 Å². The van der Waals surface area contributed by atoms with Crippen molar-refractivity contribution in [1.29, 1.82) is 0 Å². The van der Waals surface area contributed by atoms with Crippen LogP contribution in [0.25, 0.3) is 0 Å². The molecule has 0 saturated heterocycles. The molecule has 0 spiro atoms. The van der Waals surface area contributed by atoms with Crippen LogP contribution in [0, 0.1) is 0 Å². The number of hydrogen-bond donors (Lipinski definition) is 2. The van der Waals surface area contributed by atoms with Gasteiger partial charge < -0.3 is 16.4 Å². The van der Waals surface area contributed by atoms with Crippen molar-refractivity contribution in [3.05, 3.63) is 0 Å². The normalized spacial score (nSPS) is 11.7. The Morgan fingerprint density at radius 1 is 1.25 bits per heavy atom. The zero-order valence-corrected chi connectivity index (χ0v) is 12.4. The quantitative estimate of drug-likeness (QED) is 0.289. The zero-order chi connectivity index (χ0) is 11.5. The SMILES string of the molecule is CCCCCCCCOC(=O)C(O)CO.[H-].[Na+]. The number of hydrogen-bond acceptors (Lipinski definition) is 4. The van der Waals surface area contributed by atoms with Gasteiger partial charge in [0.15, 0.2) is 6.10 Å². The molecule has 0 amide bonds. The third-order valence-corrected chi connectivity index (χ3v) is 2.19. The van der Waals surface area contributed by atoms with Crippen LogP contribution in [0.5, 0.6) is 0 Å². The van der Waals surface area contributed by atoms with Gasteiger partial charge in [0, 0.05) is 0 Å². The van der Waals surface area contributed by atoms with Gasteiger partial charge in [0.2, 0.25) is 0 Å². The topological polar surface area (TPSA) is 66.8 Å². The van der Waals surface area contributed by atoms with Crippen molar-refractivity contribution in [2.45, 2.75) is 51.6 Å². The monoisotopic (exact) mass is 242 g/mol. The molecule has 16 heavy (non-hydrogen) atoms. The first-order valence-corrected chi connectivity index (χ1v) is 5.68. The summed E-state index contributed by atoms with van der Waals surface area (Å²) in [7, 11) is 0. The van der Waals surface area contributed by atoms with Crippen LogP contribution < -0.4 is 29.6 Å². The molecule has 1 unspecified atom stereocenters. The van der Waals surface area contributed by atoms with E-state index in [0.717, 1.165) is 19.3 Å². The average molecular weight is 242 g/mol. The Morgan fingerprint density at radius 3 is 2.38 bits per heavy atom. The molecule has 0 aliphatic carbocycles. The molecule has 4 nitrogen and oxygen atoms in total. The molecule has 0 aliphatic rings. The second kappa shape index (κ2) is 13.5. The molecule has 0 aromatic heterocycles. The first-order valence-electron chi connectivity index (χ1n) is 5.68. The number of carbonyl (C=O) groups is 1. The van der Waals surface area contributed by atoms with Crippen molar-refractivity contribution in [2.24, 2.45) is 0 Å². The minimum absolute atomic E-state index is 0. The van der Waals surface area contributed by atoms with E-state index in [9.17, 15) is 4.79 Å². The van der Waals surface area contributed by atoms with Crippen LogP contribution in [-0.4, -0.2) is 35.5 Å². The summed E-state index contributed by atoms with van der Waals surface area (Å²) in [6.07, 6.45) is 5.35. The van der Waals surface area contributed by atoms with E-state index in [1.165, 1.54) is 19.3 Å². The summed E-state index contributed by atoms with van der Waals surface area (Å²) in [6.45, 7) is 1.93. The first-order chi connectivity index (χ1) is 7.22. The molecule has 0 aromatic rings. The van der Waals surface area contributed by atoms with E-state index in [1.807, 2.05) is 0 Å². The average Bonchev–Trinajstić information content (AvgIpc) is 2.26. The van der Waals surface area contributed by atoms with Crippen molar-refractivity contribution in [2.75, 3.05) is 13.2 Å². The van der Waals surface area contributed by atoms with Crippen LogP contribution in [0.15, 0.2) is 0 Å². The van der Waals surface area contributed by atoms with Gasteiger partial charge in [-0.2, -0.15) is 0 Å². The molecule has 0 heterocycles. The summed E-state index contributed by atoms with van der Waals surface area (Å²) >= 11 is 0. The van der Waals surface area contributed by atoms with Crippen LogP contribution in [0.4, 0.5) is 0 Å². The molecule has 0 saturated carbocycles. The third kappa shape index (κ3) is 10.9. The fourth-order valence-corrected chi connectivity index (χ4v) is 1.23. The van der Waals surface area contributed by atoms with Gasteiger partial charge in [0.1, 0.15) is 0 Å². The van der Waals surface area contributed by atoms with Crippen molar-refractivity contribution >= 4 is 5.97 Å². The fraction of sp³-hybridized carbons (Fsp3) is 0.909. The van der Waals surface area contributed by atoms with Gasteiger partial charge >= 0.3 is 35.5 Å². The zero-order valence-electron chi connectivity index (χ0n) is 11.4. The Morgan fingerprint density at radius 2 is 1.81 bits per heavy atom. The Balaban J connectivity index is -0.000000980. The molecule has 0 aromatic carbocycles. The largest absolute Gasteiger partial charge is 1.00 e. The van der Waals surface area contributed by atoms with E-state index in [1.54, 1.807) is 0 Å². The van der Waals surface area contributed by atoms with E-state index in [0.29, 0.717) is 6.61 Å². The van der Waals surface area contributed by atoms with E-state index in [4.69, 9.17) is 14.9 Å². The second-order valence-corrected chi connectivity index (χ2v) is 3.63. The van der Waals surface area contributed by atoms with E-state index >= 15 is 0 Å². The van der Waals surface area contributed by atoms with Gasteiger partial charge in [0.05, 0.1) is 13.2 Å². The Kier molecular flexibility index (Phi) is 15.8. The molecule has 92 valence electrons. The van der Waals surface area contributed by atoms with Crippen molar-refractivity contribution in [3.63, 3.8) is 0 Å². The number of aliphatic hydroxyl groups excluding tert-OH is 2. The molecule has 2 N–H and O–H groups in total. The number of aliphatic hydroxyl groups is 2. The van der Waals surface area contributed by atoms with Gasteiger partial charge in [-0.25, -0.2) is 4.79 Å². The Hall–Kier alpha value is 0.390. The molecule has 0 radical (unpaired) electrons. The summed E-state index contributed by atoms with van der Waals surface area (Å²) in [6, 6.07) is 0. The Bertz CT molecular complexity index is 170. The van der Waals surface area contributed by atoms with Crippen molar-refractivity contribution in [1.82, 2.24) is 0 Å². The van der Waals surface area contributed by atoms with Crippen LogP contribution in [-0.2, 0) is 9.53 Å². The molecule has 0 aliphatic heterocycles. The predicted molar refractivity (Wildman–Crippen MR) is 58.5 cm³/mol. The van der Waals surface area contributed by atoms with Gasteiger partial charge in [-0.3, -0.25) is 0 Å². The maximum Gasteiger partial charge on any atom is 1.00 e. The first kappa shape index (κ1) is 18.7. The van der Waals surface area contributed by atoms with Crippen LogP contribution in [0.2, 0.25) is 0 Å².